The van der Waals surface area contributed by atoms with Crippen LogP contribution in [0.15, 0.2) is 24.5 Å². The van der Waals surface area contributed by atoms with Crippen LogP contribution in [0.5, 0.6) is 17.5 Å². The van der Waals surface area contributed by atoms with Gasteiger partial charge in [0.15, 0.2) is 16.3 Å². The fourth-order valence-electron chi connectivity index (χ4n) is 4.55. The molecule has 12 heteroatoms. The van der Waals surface area contributed by atoms with E-state index < -0.39 is 23.2 Å². The van der Waals surface area contributed by atoms with Crippen molar-refractivity contribution in [2.75, 3.05) is 32.6 Å². The predicted molar refractivity (Wildman–Crippen MR) is 145 cm³/mol. The van der Waals surface area contributed by atoms with E-state index in [1.54, 1.807) is 4.90 Å². The van der Waals surface area contributed by atoms with Gasteiger partial charge in [-0.25, -0.2) is 19.7 Å². The zero-order chi connectivity index (χ0) is 28.1. The van der Waals surface area contributed by atoms with E-state index in [9.17, 15) is 9.59 Å². The normalized spacial score (nSPS) is 15.1. The topological polar surface area (TPSA) is 125 Å². The lowest BCUT2D eigenvalue weighted by Crippen LogP contribution is -2.65. The number of anilines is 1. The summed E-state index contributed by atoms with van der Waals surface area (Å²) in [5, 5.41) is 3.20. The van der Waals surface area contributed by atoms with E-state index in [1.165, 1.54) is 31.9 Å². The first kappa shape index (κ1) is 26.7. The predicted octanol–water partition coefficient (Wildman–Crippen LogP) is 4.83. The lowest BCUT2D eigenvalue weighted by molar-refractivity contribution is -0.0855. The minimum absolute atomic E-state index is 0.0587. The highest BCUT2D eigenvalue weighted by atomic mass is 32.1. The lowest BCUT2D eigenvalue weighted by atomic mass is 9.86. The number of nitrogens with one attached hydrogen (secondary N) is 1. The Morgan fingerprint density at radius 3 is 2.38 bits per heavy atom. The third-order valence-electron chi connectivity index (χ3n) is 6.43. The average Bonchev–Trinajstić information content (AvgIpc) is 3.28. The van der Waals surface area contributed by atoms with Crippen molar-refractivity contribution in [1.29, 1.82) is 0 Å². The second-order valence-electron chi connectivity index (χ2n) is 10.8. The highest BCUT2D eigenvalue weighted by molar-refractivity contribution is 7.16. The maximum absolute atomic E-state index is 13.3. The molecule has 5 rings (SSSR count). The van der Waals surface area contributed by atoms with Crippen molar-refractivity contribution in [3.63, 3.8) is 0 Å². The molecule has 3 aromatic rings. The van der Waals surface area contributed by atoms with Crippen molar-refractivity contribution in [3.05, 3.63) is 40.5 Å². The number of likely N-dealkylation sites (tertiary alicyclic amines) is 1. The summed E-state index contributed by atoms with van der Waals surface area (Å²) < 4.78 is 22.7. The minimum atomic E-state index is -0.805. The molecule has 2 aromatic heterocycles. The number of thiazole rings is 1. The molecule has 0 bridgehead atoms. The monoisotopic (exact) mass is 553 g/mol. The number of nitrogens with zero attached hydrogens (tertiary/aromatic N) is 4. The van der Waals surface area contributed by atoms with E-state index in [0.29, 0.717) is 35.6 Å². The summed E-state index contributed by atoms with van der Waals surface area (Å²) >= 11 is 1.30. The number of carbonyl (C=O) groups excluding carboxylic acids is 2. The number of aromatic nitrogens is 3. The number of fused-ring (bicyclic) bond motifs is 4. The van der Waals surface area contributed by atoms with Crippen molar-refractivity contribution < 1.29 is 28.5 Å². The van der Waals surface area contributed by atoms with Gasteiger partial charge >= 0.3 is 6.09 Å². The van der Waals surface area contributed by atoms with Gasteiger partial charge in [-0.1, -0.05) is 31.3 Å². The first-order valence-electron chi connectivity index (χ1n) is 12.5. The summed E-state index contributed by atoms with van der Waals surface area (Å²) in [6, 6.07) is 6.07. The minimum Gasteiger partial charge on any atom is -0.480 e. The molecule has 206 valence electrons. The van der Waals surface area contributed by atoms with Gasteiger partial charge in [-0.3, -0.25) is 15.0 Å². The number of amides is 2. The third-order valence-corrected chi connectivity index (χ3v) is 7.59. The Balaban J connectivity index is 1.51. The van der Waals surface area contributed by atoms with Crippen molar-refractivity contribution >= 4 is 28.5 Å². The summed E-state index contributed by atoms with van der Waals surface area (Å²) in [4.78, 5) is 41.3. The highest BCUT2D eigenvalue weighted by Gasteiger charge is 2.55. The molecular formula is C27H31N5O6S. The van der Waals surface area contributed by atoms with Gasteiger partial charge in [0.2, 0.25) is 11.8 Å². The van der Waals surface area contributed by atoms with Crippen molar-refractivity contribution in [2.45, 2.75) is 51.7 Å². The standard InChI is InChI=1S/C27H31N5O6S/c1-14(2)15-8-9-16-17(10-15)37-27(11-32(12-27)25(34)38-26(3,4)5)20-19(16)30-24(39-20)31-21(33)18-22(35-6)28-13-29-23(18)36-7/h8-10,13-14H,11-12H2,1-7H3,(H,30,31,33). The molecule has 0 saturated carbocycles. The van der Waals surface area contributed by atoms with Crippen LogP contribution in [-0.2, 0) is 10.3 Å². The van der Waals surface area contributed by atoms with E-state index in [4.69, 9.17) is 23.9 Å². The van der Waals surface area contributed by atoms with E-state index in [1.807, 2.05) is 32.9 Å². The Bertz CT molecular complexity index is 1420. The number of methoxy groups -OCH3 is 2. The van der Waals surface area contributed by atoms with Gasteiger partial charge in [-0.15, -0.1) is 0 Å². The Labute approximate surface area is 230 Å². The van der Waals surface area contributed by atoms with Crippen LogP contribution < -0.4 is 19.5 Å². The van der Waals surface area contributed by atoms with Crippen LogP contribution in [0.4, 0.5) is 9.93 Å². The molecule has 0 aliphatic carbocycles. The Kier molecular flexibility index (Phi) is 6.61. The molecule has 0 unspecified atom stereocenters. The van der Waals surface area contributed by atoms with Crippen LogP contribution in [0, 0.1) is 0 Å². The number of hydrogen-bond donors (Lipinski definition) is 1. The molecule has 1 fully saturated rings. The third kappa shape index (κ3) is 4.84. The first-order valence-corrected chi connectivity index (χ1v) is 13.3. The van der Waals surface area contributed by atoms with Gasteiger partial charge in [-0.05, 0) is 44.4 Å². The molecular weight excluding hydrogens is 522 g/mol. The lowest BCUT2D eigenvalue weighted by Gasteiger charge is -2.50. The molecule has 39 heavy (non-hydrogen) atoms. The molecule has 2 aliphatic rings. The summed E-state index contributed by atoms with van der Waals surface area (Å²) in [5.74, 6) is 0.641. The first-order chi connectivity index (χ1) is 18.4. The summed E-state index contributed by atoms with van der Waals surface area (Å²) in [7, 11) is 2.83. The maximum atomic E-state index is 13.3. The Hall–Kier alpha value is -3.93. The maximum Gasteiger partial charge on any atom is 0.410 e. The second-order valence-corrected chi connectivity index (χ2v) is 11.8. The fraction of sp³-hybridized carbons (Fsp3) is 0.444. The van der Waals surface area contributed by atoms with Crippen LogP contribution in [0.25, 0.3) is 11.3 Å². The molecule has 1 aromatic carbocycles. The molecule has 2 aliphatic heterocycles. The van der Waals surface area contributed by atoms with Crippen LogP contribution in [0.1, 0.15) is 61.3 Å². The van der Waals surface area contributed by atoms with E-state index in [2.05, 4.69) is 35.2 Å². The smallest absolute Gasteiger partial charge is 0.410 e. The fourth-order valence-corrected chi connectivity index (χ4v) is 5.63. The van der Waals surface area contributed by atoms with Gasteiger partial charge in [0, 0.05) is 5.56 Å². The Morgan fingerprint density at radius 1 is 1.13 bits per heavy atom. The number of rotatable bonds is 5. The molecule has 1 spiro atoms. The van der Waals surface area contributed by atoms with Crippen molar-refractivity contribution in [2.24, 2.45) is 0 Å². The van der Waals surface area contributed by atoms with Gasteiger partial charge in [0.1, 0.15) is 17.7 Å². The van der Waals surface area contributed by atoms with E-state index in [0.717, 1.165) is 16.0 Å². The zero-order valence-corrected chi connectivity index (χ0v) is 23.8. The van der Waals surface area contributed by atoms with Crippen molar-refractivity contribution in [1.82, 2.24) is 19.9 Å². The van der Waals surface area contributed by atoms with Gasteiger partial charge < -0.3 is 18.9 Å². The van der Waals surface area contributed by atoms with Crippen LogP contribution >= 0.6 is 11.3 Å². The average molecular weight is 554 g/mol. The zero-order valence-electron chi connectivity index (χ0n) is 22.9. The summed E-state index contributed by atoms with van der Waals surface area (Å²) in [6.45, 7) is 10.3. The van der Waals surface area contributed by atoms with E-state index >= 15 is 0 Å². The quantitative estimate of drug-likeness (QED) is 0.473. The summed E-state index contributed by atoms with van der Waals surface area (Å²) in [5.41, 5.74) is 1.30. The molecule has 2 amide bonds. The molecule has 1 saturated heterocycles. The molecule has 4 heterocycles. The molecule has 11 nitrogen and oxygen atoms in total. The number of ether oxygens (including phenoxy) is 4. The summed E-state index contributed by atoms with van der Waals surface area (Å²) in [6.07, 6.45) is 0.855. The van der Waals surface area contributed by atoms with Gasteiger partial charge in [0.25, 0.3) is 5.91 Å². The number of carbonyl (C=O) groups is 2. The van der Waals surface area contributed by atoms with Gasteiger partial charge in [-0.2, -0.15) is 0 Å². The van der Waals surface area contributed by atoms with Crippen molar-refractivity contribution in [3.8, 4) is 28.8 Å². The van der Waals surface area contributed by atoms with Gasteiger partial charge in [0.05, 0.1) is 37.9 Å². The van der Waals surface area contributed by atoms with Crippen LogP contribution in [-0.4, -0.2) is 64.8 Å². The number of benzene rings is 1. The molecule has 0 atom stereocenters. The molecule has 0 radical (unpaired) electrons. The van der Waals surface area contributed by atoms with E-state index in [-0.39, 0.29) is 17.3 Å². The highest BCUT2D eigenvalue weighted by Crippen LogP contribution is 2.52. The Morgan fingerprint density at radius 2 is 1.79 bits per heavy atom. The SMILES string of the molecule is COc1ncnc(OC)c1C(=O)Nc1nc2c(s1)C1(CN(C(=O)OC(C)(C)C)C1)Oc1cc(C(C)C)ccc1-2. The largest absolute Gasteiger partial charge is 0.480 e. The van der Waals surface area contributed by atoms with Crippen LogP contribution in [0.3, 0.4) is 0 Å². The second kappa shape index (κ2) is 9.67. The number of hydrogen-bond acceptors (Lipinski definition) is 10. The van der Waals surface area contributed by atoms with Crippen LogP contribution in [0.2, 0.25) is 0 Å². The molecule has 1 N–H and O–H groups in total.